The van der Waals surface area contributed by atoms with Gasteiger partial charge in [0.05, 0.1) is 5.56 Å². The number of hydrogen-bond acceptors (Lipinski definition) is 4. The number of carbonyl (C=O) groups is 2. The standard InChI is InChI=1S/C19H20FN3O2/c1-21-19(25)16-5-2-10-22-18(16)23-11-3-4-14(12-23)17(24)13-6-8-15(20)9-7-13/h2,5-10,14H,3-4,11-12H2,1H3,(H,21,25). The first-order valence-electron chi connectivity index (χ1n) is 8.32. The summed E-state index contributed by atoms with van der Waals surface area (Å²) in [6.45, 7) is 1.24. The lowest BCUT2D eigenvalue weighted by molar-refractivity contribution is 0.0907. The van der Waals surface area contributed by atoms with E-state index < -0.39 is 0 Å². The van der Waals surface area contributed by atoms with Gasteiger partial charge < -0.3 is 10.2 Å². The van der Waals surface area contributed by atoms with E-state index in [1.807, 2.05) is 4.90 Å². The number of nitrogens with zero attached hydrogens (tertiary/aromatic N) is 2. The Kier molecular flexibility index (Phi) is 5.07. The van der Waals surface area contributed by atoms with Crippen LogP contribution in [0.25, 0.3) is 0 Å². The molecule has 0 spiro atoms. The zero-order valence-electron chi connectivity index (χ0n) is 14.0. The Morgan fingerprint density at radius 3 is 2.72 bits per heavy atom. The van der Waals surface area contributed by atoms with Crippen molar-refractivity contribution in [2.75, 3.05) is 25.0 Å². The van der Waals surface area contributed by atoms with Crippen LogP contribution in [0.15, 0.2) is 42.6 Å². The number of rotatable bonds is 4. The van der Waals surface area contributed by atoms with Gasteiger partial charge in [-0.25, -0.2) is 9.37 Å². The number of piperidine rings is 1. The van der Waals surface area contributed by atoms with Crippen LogP contribution in [-0.4, -0.2) is 36.8 Å². The minimum absolute atomic E-state index is 0.00197. The highest BCUT2D eigenvalue weighted by molar-refractivity contribution is 6.00. The summed E-state index contributed by atoms with van der Waals surface area (Å²) in [5.41, 5.74) is 1.01. The molecule has 2 heterocycles. The zero-order valence-corrected chi connectivity index (χ0v) is 14.0. The second-order valence-electron chi connectivity index (χ2n) is 6.11. The van der Waals surface area contributed by atoms with Crippen LogP contribution in [-0.2, 0) is 0 Å². The van der Waals surface area contributed by atoms with Gasteiger partial charge in [0.25, 0.3) is 5.91 Å². The largest absolute Gasteiger partial charge is 0.355 e. The Labute approximate surface area is 145 Å². The van der Waals surface area contributed by atoms with Crippen LogP contribution in [0, 0.1) is 11.7 Å². The number of hydrogen-bond donors (Lipinski definition) is 1. The van der Waals surface area contributed by atoms with Crippen LogP contribution in [0.1, 0.15) is 33.6 Å². The lowest BCUT2D eigenvalue weighted by Crippen LogP contribution is -2.40. The number of pyridine rings is 1. The van der Waals surface area contributed by atoms with Gasteiger partial charge in [0, 0.05) is 37.8 Å². The first kappa shape index (κ1) is 17.1. The van der Waals surface area contributed by atoms with Gasteiger partial charge in [-0.15, -0.1) is 0 Å². The summed E-state index contributed by atoms with van der Waals surface area (Å²) in [6.07, 6.45) is 3.25. The highest BCUT2D eigenvalue weighted by atomic mass is 19.1. The second-order valence-corrected chi connectivity index (χ2v) is 6.11. The molecule has 0 aliphatic carbocycles. The van der Waals surface area contributed by atoms with E-state index in [0.29, 0.717) is 23.5 Å². The zero-order chi connectivity index (χ0) is 17.8. The van der Waals surface area contributed by atoms with Crippen LogP contribution in [0.2, 0.25) is 0 Å². The third-order valence-electron chi connectivity index (χ3n) is 4.48. The van der Waals surface area contributed by atoms with E-state index >= 15 is 0 Å². The van der Waals surface area contributed by atoms with E-state index in [1.165, 1.54) is 24.3 Å². The fourth-order valence-corrected chi connectivity index (χ4v) is 3.19. The molecule has 1 fully saturated rings. The summed E-state index contributed by atoms with van der Waals surface area (Å²) in [5.74, 6) is -0.153. The fraction of sp³-hybridized carbons (Fsp3) is 0.316. The molecule has 1 saturated heterocycles. The van der Waals surface area contributed by atoms with Crippen molar-refractivity contribution in [1.82, 2.24) is 10.3 Å². The Bertz CT molecular complexity index is 776. The van der Waals surface area contributed by atoms with E-state index in [9.17, 15) is 14.0 Å². The number of halogens is 1. The summed E-state index contributed by atoms with van der Waals surface area (Å²) in [5, 5.41) is 2.62. The van der Waals surface area contributed by atoms with Gasteiger partial charge >= 0.3 is 0 Å². The summed E-state index contributed by atoms with van der Waals surface area (Å²) < 4.78 is 13.1. The van der Waals surface area contributed by atoms with Gasteiger partial charge in [-0.1, -0.05) is 0 Å². The first-order chi connectivity index (χ1) is 12.1. The van der Waals surface area contributed by atoms with Gasteiger partial charge in [-0.3, -0.25) is 9.59 Å². The molecule has 6 heteroatoms. The van der Waals surface area contributed by atoms with Crippen molar-refractivity contribution in [3.63, 3.8) is 0 Å². The van der Waals surface area contributed by atoms with Crippen LogP contribution in [0.3, 0.4) is 0 Å². The molecular weight excluding hydrogens is 321 g/mol. The van der Waals surface area contributed by atoms with E-state index in [0.717, 1.165) is 19.4 Å². The van der Waals surface area contributed by atoms with Crippen molar-refractivity contribution < 1.29 is 14.0 Å². The highest BCUT2D eigenvalue weighted by Crippen LogP contribution is 2.26. The number of Topliss-reactive ketones (excluding diaryl/α,β-unsaturated/α-hetero) is 1. The monoisotopic (exact) mass is 341 g/mol. The molecule has 0 bridgehead atoms. The van der Waals surface area contributed by atoms with Crippen molar-refractivity contribution in [1.29, 1.82) is 0 Å². The molecule has 130 valence electrons. The van der Waals surface area contributed by atoms with Gasteiger partial charge in [0.1, 0.15) is 11.6 Å². The predicted octanol–water partition coefficient (Wildman–Crippen LogP) is 2.68. The molecule has 5 nitrogen and oxygen atoms in total. The summed E-state index contributed by atoms with van der Waals surface area (Å²) in [6, 6.07) is 9.10. The average Bonchev–Trinajstić information content (AvgIpc) is 2.67. The highest BCUT2D eigenvalue weighted by Gasteiger charge is 2.29. The van der Waals surface area contributed by atoms with Crippen LogP contribution in [0.5, 0.6) is 0 Å². The summed E-state index contributed by atoms with van der Waals surface area (Å²) >= 11 is 0. The van der Waals surface area contributed by atoms with Crippen molar-refractivity contribution in [3.05, 3.63) is 59.5 Å². The maximum atomic E-state index is 13.1. The molecule has 1 amide bonds. The van der Waals surface area contributed by atoms with Crippen LogP contribution >= 0.6 is 0 Å². The third-order valence-corrected chi connectivity index (χ3v) is 4.48. The Balaban J connectivity index is 1.81. The smallest absolute Gasteiger partial charge is 0.254 e. The van der Waals surface area contributed by atoms with Gasteiger partial charge in [0.15, 0.2) is 5.78 Å². The number of aromatic nitrogens is 1. The van der Waals surface area contributed by atoms with E-state index in [2.05, 4.69) is 10.3 Å². The molecule has 1 atom stereocenters. The first-order valence-corrected chi connectivity index (χ1v) is 8.32. The number of ketones is 1. The normalized spacial score (nSPS) is 17.2. The lowest BCUT2D eigenvalue weighted by Gasteiger charge is -2.33. The average molecular weight is 341 g/mol. The molecular formula is C19H20FN3O2. The molecule has 1 aromatic carbocycles. The molecule has 1 aliphatic rings. The molecule has 1 N–H and O–H groups in total. The second kappa shape index (κ2) is 7.42. The van der Waals surface area contributed by atoms with E-state index in [-0.39, 0.29) is 23.4 Å². The van der Waals surface area contributed by atoms with Crippen molar-refractivity contribution in [3.8, 4) is 0 Å². The minimum atomic E-state index is -0.356. The van der Waals surface area contributed by atoms with Crippen molar-refractivity contribution in [2.24, 2.45) is 5.92 Å². The number of nitrogens with one attached hydrogen (secondary N) is 1. The Hall–Kier alpha value is -2.76. The molecule has 1 unspecified atom stereocenters. The van der Waals surface area contributed by atoms with Gasteiger partial charge in [-0.2, -0.15) is 0 Å². The maximum Gasteiger partial charge on any atom is 0.254 e. The number of carbonyl (C=O) groups excluding carboxylic acids is 2. The molecule has 0 radical (unpaired) electrons. The number of amides is 1. The molecule has 2 aromatic rings. The topological polar surface area (TPSA) is 62.3 Å². The number of anilines is 1. The summed E-state index contributed by atoms with van der Waals surface area (Å²) in [7, 11) is 1.58. The third kappa shape index (κ3) is 3.68. The molecule has 0 saturated carbocycles. The van der Waals surface area contributed by atoms with E-state index in [4.69, 9.17) is 0 Å². The van der Waals surface area contributed by atoms with Crippen LogP contribution < -0.4 is 10.2 Å². The SMILES string of the molecule is CNC(=O)c1cccnc1N1CCCC(C(=O)c2ccc(F)cc2)C1. The van der Waals surface area contributed by atoms with Gasteiger partial charge in [-0.05, 0) is 49.2 Å². The molecule has 1 aliphatic heterocycles. The Morgan fingerprint density at radius 1 is 1.24 bits per heavy atom. The number of benzene rings is 1. The fourth-order valence-electron chi connectivity index (χ4n) is 3.19. The minimum Gasteiger partial charge on any atom is -0.355 e. The lowest BCUT2D eigenvalue weighted by atomic mass is 9.90. The summed E-state index contributed by atoms with van der Waals surface area (Å²) in [4.78, 5) is 31.1. The van der Waals surface area contributed by atoms with E-state index in [1.54, 1.807) is 25.4 Å². The Morgan fingerprint density at radius 2 is 2.00 bits per heavy atom. The van der Waals surface area contributed by atoms with Crippen molar-refractivity contribution >= 4 is 17.5 Å². The quantitative estimate of drug-likeness (QED) is 0.869. The van der Waals surface area contributed by atoms with Gasteiger partial charge in [0.2, 0.25) is 0 Å². The van der Waals surface area contributed by atoms with Crippen LogP contribution in [0.4, 0.5) is 10.2 Å². The molecule has 1 aromatic heterocycles. The predicted molar refractivity (Wildman–Crippen MR) is 93.3 cm³/mol. The molecule has 3 rings (SSSR count). The molecule has 25 heavy (non-hydrogen) atoms. The van der Waals surface area contributed by atoms with Crippen molar-refractivity contribution in [2.45, 2.75) is 12.8 Å². The maximum absolute atomic E-state index is 13.1.